The summed E-state index contributed by atoms with van der Waals surface area (Å²) in [7, 11) is 0. The number of halogens is 3. The van der Waals surface area contributed by atoms with Gasteiger partial charge in [0.1, 0.15) is 5.15 Å². The Bertz CT molecular complexity index is 237. The molecule has 0 spiro atoms. The van der Waals surface area contributed by atoms with Gasteiger partial charge in [-0.05, 0) is 31.9 Å². The molecule has 0 aliphatic rings. The fraction of sp³-hybridized carbons (Fsp3) is 0. The molecule has 0 saturated heterocycles. The summed E-state index contributed by atoms with van der Waals surface area (Å²) >= 11 is 12.0. The van der Waals surface area contributed by atoms with Gasteiger partial charge < -0.3 is 5.73 Å². The van der Waals surface area contributed by atoms with E-state index in [4.69, 9.17) is 17.3 Å². The standard InChI is InChI=1S/C5H3Br2ClN2/c6-2-1-10-5(8)3(7)4(2)9/h1H,(H2,9,10). The second kappa shape index (κ2) is 3.07. The van der Waals surface area contributed by atoms with Gasteiger partial charge in [-0.15, -0.1) is 0 Å². The summed E-state index contributed by atoms with van der Waals surface area (Å²) in [6.45, 7) is 0. The molecule has 1 heterocycles. The summed E-state index contributed by atoms with van der Waals surface area (Å²) in [5.74, 6) is 0. The Morgan fingerprint density at radius 1 is 1.50 bits per heavy atom. The molecule has 5 heteroatoms. The Kier molecular flexibility index (Phi) is 2.55. The molecular weight excluding hydrogens is 283 g/mol. The highest BCUT2D eigenvalue weighted by Crippen LogP contribution is 2.31. The van der Waals surface area contributed by atoms with Crippen molar-refractivity contribution in [2.45, 2.75) is 0 Å². The van der Waals surface area contributed by atoms with Crippen LogP contribution in [-0.2, 0) is 0 Å². The number of nitrogens with zero attached hydrogens (tertiary/aromatic N) is 1. The van der Waals surface area contributed by atoms with Gasteiger partial charge in [-0.2, -0.15) is 0 Å². The van der Waals surface area contributed by atoms with E-state index >= 15 is 0 Å². The van der Waals surface area contributed by atoms with Crippen molar-refractivity contribution in [3.05, 3.63) is 20.3 Å². The first kappa shape index (κ1) is 8.30. The first-order valence-corrected chi connectivity index (χ1v) is 4.34. The van der Waals surface area contributed by atoms with E-state index in [2.05, 4.69) is 36.8 Å². The SMILES string of the molecule is Nc1c(Br)cnc(Cl)c1Br. The van der Waals surface area contributed by atoms with Crippen LogP contribution in [0.15, 0.2) is 15.1 Å². The minimum Gasteiger partial charge on any atom is -0.397 e. The summed E-state index contributed by atoms with van der Waals surface area (Å²) in [5, 5.41) is 0.376. The predicted molar refractivity (Wildman–Crippen MR) is 49.1 cm³/mol. The number of aromatic nitrogens is 1. The van der Waals surface area contributed by atoms with E-state index in [9.17, 15) is 0 Å². The first-order chi connectivity index (χ1) is 4.63. The average molecular weight is 286 g/mol. The zero-order valence-electron chi connectivity index (χ0n) is 4.74. The molecular formula is C5H3Br2ClN2. The largest absolute Gasteiger partial charge is 0.397 e. The molecule has 0 atom stereocenters. The molecule has 0 aliphatic heterocycles. The maximum atomic E-state index is 5.63. The monoisotopic (exact) mass is 284 g/mol. The van der Waals surface area contributed by atoms with E-state index in [1.165, 1.54) is 0 Å². The first-order valence-electron chi connectivity index (χ1n) is 2.38. The maximum absolute atomic E-state index is 5.63. The zero-order chi connectivity index (χ0) is 7.72. The van der Waals surface area contributed by atoms with Crippen LogP contribution in [0.3, 0.4) is 0 Å². The van der Waals surface area contributed by atoms with Crippen molar-refractivity contribution in [2.75, 3.05) is 5.73 Å². The van der Waals surface area contributed by atoms with Gasteiger partial charge in [-0.25, -0.2) is 4.98 Å². The molecule has 54 valence electrons. The highest BCUT2D eigenvalue weighted by atomic mass is 79.9. The topological polar surface area (TPSA) is 38.9 Å². The van der Waals surface area contributed by atoms with Gasteiger partial charge in [0.05, 0.1) is 14.6 Å². The van der Waals surface area contributed by atoms with Crippen molar-refractivity contribution in [1.29, 1.82) is 0 Å². The molecule has 10 heavy (non-hydrogen) atoms. The number of nitrogen functional groups attached to an aromatic ring is 1. The maximum Gasteiger partial charge on any atom is 0.145 e. The highest BCUT2D eigenvalue weighted by Gasteiger charge is 2.04. The number of anilines is 1. The van der Waals surface area contributed by atoms with Crippen LogP contribution >= 0.6 is 43.5 Å². The third-order valence-electron chi connectivity index (χ3n) is 0.966. The molecule has 0 fully saturated rings. The van der Waals surface area contributed by atoms with E-state index in [-0.39, 0.29) is 0 Å². The lowest BCUT2D eigenvalue weighted by Crippen LogP contribution is -1.90. The van der Waals surface area contributed by atoms with Crippen molar-refractivity contribution in [3.8, 4) is 0 Å². The molecule has 0 amide bonds. The lowest BCUT2D eigenvalue weighted by atomic mass is 10.4. The Morgan fingerprint density at radius 2 is 2.10 bits per heavy atom. The van der Waals surface area contributed by atoms with Gasteiger partial charge in [-0.1, -0.05) is 11.6 Å². The molecule has 0 aromatic carbocycles. The molecule has 1 rings (SSSR count). The predicted octanol–water partition coefficient (Wildman–Crippen LogP) is 2.84. The summed E-state index contributed by atoms with van der Waals surface area (Å²) in [4.78, 5) is 3.83. The number of hydrogen-bond donors (Lipinski definition) is 1. The molecule has 0 unspecified atom stereocenters. The van der Waals surface area contributed by atoms with Crippen LogP contribution in [0, 0.1) is 0 Å². The van der Waals surface area contributed by atoms with Gasteiger partial charge in [-0.3, -0.25) is 0 Å². The van der Waals surface area contributed by atoms with Crippen molar-refractivity contribution < 1.29 is 0 Å². The third-order valence-corrected chi connectivity index (χ3v) is 2.92. The number of pyridine rings is 1. The Hall–Kier alpha value is 0.200. The molecule has 0 radical (unpaired) electrons. The molecule has 0 aliphatic carbocycles. The lowest BCUT2D eigenvalue weighted by molar-refractivity contribution is 1.29. The van der Waals surface area contributed by atoms with Gasteiger partial charge in [0.25, 0.3) is 0 Å². The van der Waals surface area contributed by atoms with Crippen molar-refractivity contribution in [2.24, 2.45) is 0 Å². The fourth-order valence-electron chi connectivity index (χ4n) is 0.456. The van der Waals surface area contributed by atoms with Crippen LogP contribution in [0.2, 0.25) is 5.15 Å². The third kappa shape index (κ3) is 1.44. The van der Waals surface area contributed by atoms with Crippen LogP contribution in [0.4, 0.5) is 5.69 Å². The van der Waals surface area contributed by atoms with Crippen LogP contribution in [0.25, 0.3) is 0 Å². The van der Waals surface area contributed by atoms with E-state index in [0.29, 0.717) is 15.3 Å². The normalized spacial score (nSPS) is 9.90. The molecule has 2 nitrogen and oxygen atoms in total. The Balaban J connectivity index is 3.34. The van der Waals surface area contributed by atoms with Crippen molar-refractivity contribution in [3.63, 3.8) is 0 Å². The molecule has 1 aromatic heterocycles. The molecule has 1 aromatic rings. The number of nitrogens with two attached hydrogens (primary N) is 1. The van der Waals surface area contributed by atoms with Crippen LogP contribution in [0.5, 0.6) is 0 Å². The summed E-state index contributed by atoms with van der Waals surface area (Å²) < 4.78 is 1.37. The van der Waals surface area contributed by atoms with Gasteiger partial charge in [0.2, 0.25) is 0 Å². The second-order valence-corrected chi connectivity index (χ2v) is 3.63. The van der Waals surface area contributed by atoms with E-state index in [0.717, 1.165) is 4.47 Å². The Morgan fingerprint density at radius 3 is 2.60 bits per heavy atom. The quantitative estimate of drug-likeness (QED) is 0.745. The van der Waals surface area contributed by atoms with Crippen LogP contribution in [-0.4, -0.2) is 4.98 Å². The lowest BCUT2D eigenvalue weighted by Gasteiger charge is -2.00. The summed E-state index contributed by atoms with van der Waals surface area (Å²) in [5.41, 5.74) is 6.13. The second-order valence-electron chi connectivity index (χ2n) is 1.62. The van der Waals surface area contributed by atoms with E-state index in [1.54, 1.807) is 6.20 Å². The minimum absolute atomic E-state index is 0.376. The highest BCUT2D eigenvalue weighted by molar-refractivity contribution is 9.11. The average Bonchev–Trinajstić information content (AvgIpc) is 1.93. The van der Waals surface area contributed by atoms with Gasteiger partial charge in [0.15, 0.2) is 0 Å². The number of rotatable bonds is 0. The van der Waals surface area contributed by atoms with Gasteiger partial charge in [0, 0.05) is 6.20 Å². The van der Waals surface area contributed by atoms with Gasteiger partial charge >= 0.3 is 0 Å². The fourth-order valence-corrected chi connectivity index (χ4v) is 1.49. The van der Waals surface area contributed by atoms with Crippen molar-refractivity contribution in [1.82, 2.24) is 4.98 Å². The Labute approximate surface area is 80.0 Å². The summed E-state index contributed by atoms with van der Waals surface area (Å²) in [6.07, 6.45) is 1.56. The smallest absolute Gasteiger partial charge is 0.145 e. The molecule has 2 N–H and O–H groups in total. The zero-order valence-corrected chi connectivity index (χ0v) is 8.66. The van der Waals surface area contributed by atoms with E-state index < -0.39 is 0 Å². The van der Waals surface area contributed by atoms with Crippen molar-refractivity contribution >= 4 is 49.1 Å². The van der Waals surface area contributed by atoms with Crippen LogP contribution < -0.4 is 5.73 Å². The van der Waals surface area contributed by atoms with E-state index in [1.807, 2.05) is 0 Å². The van der Waals surface area contributed by atoms with Crippen LogP contribution in [0.1, 0.15) is 0 Å². The molecule has 0 bridgehead atoms. The number of hydrogen-bond acceptors (Lipinski definition) is 2. The minimum atomic E-state index is 0.376. The molecule has 0 saturated carbocycles. The summed E-state index contributed by atoms with van der Waals surface area (Å²) in [6, 6.07) is 0.